The van der Waals surface area contributed by atoms with E-state index in [0.717, 1.165) is 36.1 Å². The van der Waals surface area contributed by atoms with Crippen LogP contribution >= 0.6 is 11.3 Å². The monoisotopic (exact) mass is 266 g/mol. The molecular weight excluding hydrogens is 248 g/mol. The molecule has 0 aromatic carbocycles. The molecule has 1 saturated heterocycles. The molecule has 2 aliphatic rings. The Kier molecular flexibility index (Phi) is 3.01. The Morgan fingerprint density at radius 1 is 1.56 bits per heavy atom. The predicted molar refractivity (Wildman–Crippen MR) is 71.5 cm³/mol. The second-order valence-electron chi connectivity index (χ2n) is 5.31. The maximum absolute atomic E-state index is 11.2. The number of aromatic nitrogens is 1. The standard InChI is InChI=1S/C13H18N2O2S/c1-2-3-10-11(12(16)17)18-13(14-10)15-7-8-4-5-9(15)6-8/h8-9H,2-7H2,1H3,(H,16,17). The van der Waals surface area contributed by atoms with E-state index in [1.54, 1.807) is 0 Å². The van der Waals surface area contributed by atoms with Crippen LogP contribution in [-0.2, 0) is 6.42 Å². The molecule has 3 rings (SSSR count). The van der Waals surface area contributed by atoms with Crippen LogP contribution in [0.5, 0.6) is 0 Å². The molecule has 1 aliphatic heterocycles. The Morgan fingerprint density at radius 2 is 2.39 bits per heavy atom. The van der Waals surface area contributed by atoms with Crippen LogP contribution in [0.3, 0.4) is 0 Å². The van der Waals surface area contributed by atoms with E-state index in [-0.39, 0.29) is 0 Å². The van der Waals surface area contributed by atoms with Crippen molar-refractivity contribution in [1.82, 2.24) is 4.98 Å². The van der Waals surface area contributed by atoms with Gasteiger partial charge in [0, 0.05) is 12.6 Å². The molecule has 2 unspecified atom stereocenters. The SMILES string of the molecule is CCCc1nc(N2CC3CCC2C3)sc1C(=O)O. The van der Waals surface area contributed by atoms with Gasteiger partial charge in [-0.3, -0.25) is 0 Å². The number of thiazole rings is 1. The summed E-state index contributed by atoms with van der Waals surface area (Å²) in [6, 6.07) is 0.609. The third kappa shape index (κ3) is 1.90. The van der Waals surface area contributed by atoms with Gasteiger partial charge in [-0.05, 0) is 31.6 Å². The summed E-state index contributed by atoms with van der Waals surface area (Å²) in [6.45, 7) is 3.13. The van der Waals surface area contributed by atoms with Crippen molar-refractivity contribution in [2.45, 2.75) is 45.1 Å². The van der Waals surface area contributed by atoms with E-state index in [1.165, 1.54) is 30.6 Å². The van der Waals surface area contributed by atoms with Crippen molar-refractivity contribution in [2.75, 3.05) is 11.4 Å². The zero-order valence-corrected chi connectivity index (χ0v) is 11.4. The molecule has 18 heavy (non-hydrogen) atoms. The number of aryl methyl sites for hydroxylation is 1. The van der Waals surface area contributed by atoms with Crippen LogP contribution in [0.25, 0.3) is 0 Å². The molecule has 1 N–H and O–H groups in total. The number of hydrogen-bond donors (Lipinski definition) is 1. The van der Waals surface area contributed by atoms with Gasteiger partial charge in [0.05, 0.1) is 5.69 Å². The van der Waals surface area contributed by atoms with Crippen LogP contribution in [0.4, 0.5) is 5.13 Å². The van der Waals surface area contributed by atoms with Crippen LogP contribution < -0.4 is 4.90 Å². The third-order valence-corrected chi connectivity index (χ3v) is 5.14. The second kappa shape index (κ2) is 4.53. The highest BCUT2D eigenvalue weighted by atomic mass is 32.1. The van der Waals surface area contributed by atoms with E-state index in [9.17, 15) is 9.90 Å². The molecule has 2 bridgehead atoms. The van der Waals surface area contributed by atoms with Crippen LogP contribution in [-0.4, -0.2) is 28.6 Å². The van der Waals surface area contributed by atoms with Gasteiger partial charge in [0.1, 0.15) is 4.88 Å². The highest BCUT2D eigenvalue weighted by Gasteiger charge is 2.39. The number of rotatable bonds is 4. The van der Waals surface area contributed by atoms with Crippen molar-refractivity contribution in [3.63, 3.8) is 0 Å². The fraction of sp³-hybridized carbons (Fsp3) is 0.692. The quantitative estimate of drug-likeness (QED) is 0.910. The van der Waals surface area contributed by atoms with Crippen molar-refractivity contribution in [3.05, 3.63) is 10.6 Å². The molecule has 1 aliphatic carbocycles. The Morgan fingerprint density at radius 3 is 2.94 bits per heavy atom. The van der Waals surface area contributed by atoms with Crippen LogP contribution in [0.2, 0.25) is 0 Å². The van der Waals surface area contributed by atoms with Gasteiger partial charge in [-0.1, -0.05) is 24.7 Å². The number of hydrogen-bond acceptors (Lipinski definition) is 4. The highest BCUT2D eigenvalue weighted by molar-refractivity contribution is 7.17. The Balaban J connectivity index is 1.88. The van der Waals surface area contributed by atoms with E-state index in [4.69, 9.17) is 0 Å². The number of carboxylic acids is 1. The molecule has 1 aromatic heterocycles. The molecule has 2 atom stereocenters. The summed E-state index contributed by atoms with van der Waals surface area (Å²) in [5.74, 6) is -0.0200. The number of carboxylic acid groups (broad SMARTS) is 1. The van der Waals surface area contributed by atoms with Crippen molar-refractivity contribution >= 4 is 22.4 Å². The lowest BCUT2D eigenvalue weighted by molar-refractivity contribution is 0.0700. The summed E-state index contributed by atoms with van der Waals surface area (Å²) in [5, 5.41) is 10.2. The number of anilines is 1. The molecular formula is C13H18N2O2S. The first-order valence-electron chi connectivity index (χ1n) is 6.68. The number of aromatic carboxylic acids is 1. The summed E-state index contributed by atoms with van der Waals surface area (Å²) in [5.41, 5.74) is 0.771. The first-order valence-corrected chi connectivity index (χ1v) is 7.50. The molecule has 2 fully saturated rings. The fourth-order valence-electron chi connectivity index (χ4n) is 3.19. The minimum Gasteiger partial charge on any atom is -0.477 e. The first-order chi connectivity index (χ1) is 8.69. The van der Waals surface area contributed by atoms with E-state index >= 15 is 0 Å². The Hall–Kier alpha value is -1.10. The molecule has 5 heteroatoms. The molecule has 0 radical (unpaired) electrons. The molecule has 2 heterocycles. The minimum absolute atomic E-state index is 0.439. The fourth-order valence-corrected chi connectivity index (χ4v) is 4.23. The average molecular weight is 266 g/mol. The van der Waals surface area contributed by atoms with Crippen molar-refractivity contribution < 1.29 is 9.90 Å². The Bertz CT molecular complexity index is 472. The zero-order chi connectivity index (χ0) is 12.7. The van der Waals surface area contributed by atoms with Crippen LogP contribution in [0, 0.1) is 5.92 Å². The van der Waals surface area contributed by atoms with E-state index in [2.05, 4.69) is 16.8 Å². The maximum Gasteiger partial charge on any atom is 0.347 e. The number of fused-ring (bicyclic) bond motifs is 2. The lowest BCUT2D eigenvalue weighted by Gasteiger charge is -2.26. The molecule has 0 amide bonds. The van der Waals surface area contributed by atoms with Crippen LogP contribution in [0.15, 0.2) is 0 Å². The zero-order valence-electron chi connectivity index (χ0n) is 10.6. The topological polar surface area (TPSA) is 53.4 Å². The van der Waals surface area contributed by atoms with Gasteiger partial charge in [-0.25, -0.2) is 9.78 Å². The van der Waals surface area contributed by atoms with E-state index < -0.39 is 5.97 Å². The Labute approximate surface area is 111 Å². The largest absolute Gasteiger partial charge is 0.477 e. The first kappa shape index (κ1) is 12.0. The van der Waals surface area contributed by atoms with Gasteiger partial charge < -0.3 is 10.0 Å². The van der Waals surface area contributed by atoms with Gasteiger partial charge in [-0.2, -0.15) is 0 Å². The van der Waals surface area contributed by atoms with Gasteiger partial charge >= 0.3 is 5.97 Å². The molecule has 1 aromatic rings. The second-order valence-corrected chi connectivity index (χ2v) is 6.29. The van der Waals surface area contributed by atoms with Gasteiger partial charge in [0.15, 0.2) is 5.13 Å². The third-order valence-electron chi connectivity index (χ3n) is 4.02. The number of carbonyl (C=O) groups is 1. The number of nitrogens with zero attached hydrogens (tertiary/aromatic N) is 2. The summed E-state index contributed by atoms with van der Waals surface area (Å²) in [6.07, 6.45) is 5.55. The molecule has 4 nitrogen and oxygen atoms in total. The number of piperidine rings is 1. The van der Waals surface area contributed by atoms with Crippen LogP contribution in [0.1, 0.15) is 48.0 Å². The maximum atomic E-state index is 11.2. The van der Waals surface area contributed by atoms with Gasteiger partial charge in [0.2, 0.25) is 0 Å². The minimum atomic E-state index is -0.827. The van der Waals surface area contributed by atoms with Crippen molar-refractivity contribution in [3.8, 4) is 0 Å². The average Bonchev–Trinajstić information content (AvgIpc) is 3.02. The lowest BCUT2D eigenvalue weighted by Crippen LogP contribution is -2.31. The summed E-state index contributed by atoms with van der Waals surface area (Å²) >= 11 is 1.36. The lowest BCUT2D eigenvalue weighted by atomic mass is 10.1. The smallest absolute Gasteiger partial charge is 0.347 e. The van der Waals surface area contributed by atoms with Crippen molar-refractivity contribution in [1.29, 1.82) is 0 Å². The predicted octanol–water partition coefficient (Wildman–Crippen LogP) is 2.78. The molecule has 98 valence electrons. The molecule has 1 saturated carbocycles. The summed E-state index contributed by atoms with van der Waals surface area (Å²) < 4.78 is 0. The normalized spacial score (nSPS) is 25.9. The molecule has 0 spiro atoms. The van der Waals surface area contributed by atoms with Gasteiger partial charge in [0.25, 0.3) is 0 Å². The van der Waals surface area contributed by atoms with E-state index in [1.807, 2.05) is 0 Å². The van der Waals surface area contributed by atoms with Crippen molar-refractivity contribution in [2.24, 2.45) is 5.92 Å². The van der Waals surface area contributed by atoms with Gasteiger partial charge in [-0.15, -0.1) is 0 Å². The highest BCUT2D eigenvalue weighted by Crippen LogP contribution is 2.42. The van der Waals surface area contributed by atoms with E-state index in [0.29, 0.717) is 10.9 Å². The summed E-state index contributed by atoms with van der Waals surface area (Å²) in [7, 11) is 0. The summed E-state index contributed by atoms with van der Waals surface area (Å²) in [4.78, 5) is 18.6.